The van der Waals surface area contributed by atoms with Crippen molar-refractivity contribution >= 4 is 32.7 Å². The Labute approximate surface area is 137 Å². The summed E-state index contributed by atoms with van der Waals surface area (Å²) in [4.78, 5) is 15.3. The zero-order valence-corrected chi connectivity index (χ0v) is 13.8. The Hall–Kier alpha value is -1.40. The smallest absolute Gasteiger partial charge is 0.267 e. The molecule has 2 heterocycles. The molecule has 3 rings (SSSR count). The van der Waals surface area contributed by atoms with Gasteiger partial charge in [0, 0.05) is 16.4 Å². The van der Waals surface area contributed by atoms with Crippen LogP contribution >= 0.6 is 15.9 Å². The van der Waals surface area contributed by atoms with Crippen LogP contribution in [0, 0.1) is 11.7 Å². The molecule has 3 N–H and O–H groups in total. The van der Waals surface area contributed by atoms with Gasteiger partial charge in [-0.1, -0.05) is 0 Å². The normalized spacial score (nSPS) is 19.1. The SMILES string of the molecule is O=C(NCC1CCCNCC1)c1cc2c(Br)cc(F)cc2[nH]1. The van der Waals surface area contributed by atoms with Gasteiger partial charge in [0.15, 0.2) is 0 Å². The summed E-state index contributed by atoms with van der Waals surface area (Å²) in [5, 5.41) is 7.16. The van der Waals surface area contributed by atoms with E-state index in [0.29, 0.717) is 28.1 Å². The second kappa shape index (κ2) is 6.79. The van der Waals surface area contributed by atoms with Crippen LogP contribution in [0.2, 0.25) is 0 Å². The maximum atomic E-state index is 13.4. The van der Waals surface area contributed by atoms with Crippen LogP contribution in [-0.4, -0.2) is 30.5 Å². The summed E-state index contributed by atoms with van der Waals surface area (Å²) in [5.41, 5.74) is 1.09. The van der Waals surface area contributed by atoms with Crippen molar-refractivity contribution in [2.45, 2.75) is 19.3 Å². The van der Waals surface area contributed by atoms with Crippen LogP contribution in [0.3, 0.4) is 0 Å². The molecule has 2 aromatic rings. The summed E-state index contributed by atoms with van der Waals surface area (Å²) in [6, 6.07) is 4.55. The largest absolute Gasteiger partial charge is 0.350 e. The topological polar surface area (TPSA) is 56.9 Å². The van der Waals surface area contributed by atoms with Gasteiger partial charge in [-0.05, 0) is 72.4 Å². The van der Waals surface area contributed by atoms with E-state index in [9.17, 15) is 9.18 Å². The third kappa shape index (κ3) is 3.50. The number of rotatable bonds is 3. The van der Waals surface area contributed by atoms with Gasteiger partial charge in [0.05, 0.1) is 5.52 Å². The first-order valence-electron chi connectivity index (χ1n) is 7.60. The minimum atomic E-state index is -0.334. The summed E-state index contributed by atoms with van der Waals surface area (Å²) >= 11 is 3.32. The van der Waals surface area contributed by atoms with Crippen LogP contribution in [0.15, 0.2) is 22.7 Å². The first kappa shape index (κ1) is 15.5. The highest BCUT2D eigenvalue weighted by Crippen LogP contribution is 2.26. The number of carbonyl (C=O) groups is 1. The molecule has 1 aromatic heterocycles. The lowest BCUT2D eigenvalue weighted by molar-refractivity contribution is 0.0942. The Morgan fingerprint density at radius 1 is 1.32 bits per heavy atom. The van der Waals surface area contributed by atoms with E-state index in [1.165, 1.54) is 12.1 Å². The van der Waals surface area contributed by atoms with Crippen LogP contribution in [0.4, 0.5) is 4.39 Å². The molecule has 0 spiro atoms. The summed E-state index contributed by atoms with van der Waals surface area (Å²) in [5.74, 6) is 0.0485. The highest BCUT2D eigenvalue weighted by atomic mass is 79.9. The average molecular weight is 368 g/mol. The number of aromatic amines is 1. The molecule has 1 amide bonds. The van der Waals surface area contributed by atoms with Crippen molar-refractivity contribution in [1.29, 1.82) is 0 Å². The predicted octanol–water partition coefficient (Wildman–Crippen LogP) is 3.19. The molecule has 22 heavy (non-hydrogen) atoms. The van der Waals surface area contributed by atoms with Crippen LogP contribution in [0.25, 0.3) is 10.9 Å². The molecular weight excluding hydrogens is 349 g/mol. The summed E-state index contributed by atoms with van der Waals surface area (Å²) < 4.78 is 14.0. The van der Waals surface area contributed by atoms with E-state index in [1.54, 1.807) is 6.07 Å². The Morgan fingerprint density at radius 2 is 2.18 bits per heavy atom. The van der Waals surface area contributed by atoms with E-state index in [2.05, 4.69) is 31.5 Å². The molecule has 4 nitrogen and oxygen atoms in total. The van der Waals surface area contributed by atoms with Gasteiger partial charge in [-0.3, -0.25) is 4.79 Å². The zero-order chi connectivity index (χ0) is 15.5. The Bertz CT molecular complexity index is 677. The summed E-state index contributed by atoms with van der Waals surface area (Å²) in [6.45, 7) is 2.76. The van der Waals surface area contributed by atoms with Gasteiger partial charge in [-0.2, -0.15) is 0 Å². The lowest BCUT2D eigenvalue weighted by Gasteiger charge is -2.13. The average Bonchev–Trinajstić information content (AvgIpc) is 2.74. The zero-order valence-electron chi connectivity index (χ0n) is 12.2. The molecule has 6 heteroatoms. The quantitative estimate of drug-likeness (QED) is 0.780. The third-order valence-electron chi connectivity index (χ3n) is 4.14. The van der Waals surface area contributed by atoms with E-state index < -0.39 is 0 Å². The monoisotopic (exact) mass is 367 g/mol. The van der Waals surface area contributed by atoms with Gasteiger partial charge in [-0.25, -0.2) is 4.39 Å². The number of benzene rings is 1. The van der Waals surface area contributed by atoms with Crippen molar-refractivity contribution in [3.05, 3.63) is 34.2 Å². The fourth-order valence-corrected chi connectivity index (χ4v) is 3.46. The van der Waals surface area contributed by atoms with Crippen LogP contribution in [-0.2, 0) is 0 Å². The molecule has 118 valence electrons. The van der Waals surface area contributed by atoms with Gasteiger partial charge >= 0.3 is 0 Å². The Balaban J connectivity index is 1.68. The van der Waals surface area contributed by atoms with Crippen molar-refractivity contribution in [3.8, 4) is 0 Å². The van der Waals surface area contributed by atoms with Gasteiger partial charge in [-0.15, -0.1) is 0 Å². The van der Waals surface area contributed by atoms with Crippen molar-refractivity contribution in [2.75, 3.05) is 19.6 Å². The molecule has 1 saturated heterocycles. The second-order valence-electron chi connectivity index (χ2n) is 5.79. The molecule has 0 aliphatic carbocycles. The molecule has 1 aromatic carbocycles. The molecule has 1 unspecified atom stereocenters. The predicted molar refractivity (Wildman–Crippen MR) is 88.5 cm³/mol. The molecule has 0 radical (unpaired) electrons. The van der Waals surface area contributed by atoms with Crippen molar-refractivity contribution in [3.63, 3.8) is 0 Å². The highest BCUT2D eigenvalue weighted by molar-refractivity contribution is 9.10. The number of nitrogens with one attached hydrogen (secondary N) is 3. The summed E-state index contributed by atoms with van der Waals surface area (Å²) in [6.07, 6.45) is 3.37. The summed E-state index contributed by atoms with van der Waals surface area (Å²) in [7, 11) is 0. The highest BCUT2D eigenvalue weighted by Gasteiger charge is 2.16. The first-order valence-corrected chi connectivity index (χ1v) is 8.39. The molecule has 0 saturated carbocycles. The number of hydrogen-bond acceptors (Lipinski definition) is 2. The molecule has 1 fully saturated rings. The fourth-order valence-electron chi connectivity index (χ4n) is 2.91. The molecule has 1 aliphatic heterocycles. The molecule has 0 bridgehead atoms. The minimum absolute atomic E-state index is 0.138. The van der Waals surface area contributed by atoms with Crippen LogP contribution in [0.5, 0.6) is 0 Å². The lowest BCUT2D eigenvalue weighted by Crippen LogP contribution is -2.30. The Kier molecular flexibility index (Phi) is 4.78. The standard InChI is InChI=1S/C16H19BrFN3O/c17-13-6-11(18)7-14-12(13)8-15(21-14)16(22)20-9-10-2-1-4-19-5-3-10/h6-8,10,19,21H,1-5,9H2,(H,20,22). The number of halogens is 2. The number of amides is 1. The lowest BCUT2D eigenvalue weighted by atomic mass is 10.0. The maximum absolute atomic E-state index is 13.4. The number of hydrogen-bond donors (Lipinski definition) is 3. The van der Waals surface area contributed by atoms with Gasteiger partial charge in [0.25, 0.3) is 5.91 Å². The van der Waals surface area contributed by atoms with Crippen LogP contribution in [0.1, 0.15) is 29.8 Å². The van der Waals surface area contributed by atoms with E-state index in [-0.39, 0.29) is 11.7 Å². The second-order valence-corrected chi connectivity index (χ2v) is 6.64. The van der Waals surface area contributed by atoms with Gasteiger partial charge in [0.1, 0.15) is 11.5 Å². The third-order valence-corrected chi connectivity index (χ3v) is 4.80. The van der Waals surface area contributed by atoms with Crippen molar-refractivity contribution < 1.29 is 9.18 Å². The number of fused-ring (bicyclic) bond motifs is 1. The first-order chi connectivity index (χ1) is 10.6. The molecule has 1 aliphatic rings. The number of aromatic nitrogens is 1. The van der Waals surface area contributed by atoms with E-state index in [1.807, 2.05) is 0 Å². The minimum Gasteiger partial charge on any atom is -0.350 e. The van der Waals surface area contributed by atoms with E-state index in [4.69, 9.17) is 0 Å². The van der Waals surface area contributed by atoms with Gasteiger partial charge < -0.3 is 15.6 Å². The Morgan fingerprint density at radius 3 is 3.05 bits per heavy atom. The van der Waals surface area contributed by atoms with E-state index in [0.717, 1.165) is 37.7 Å². The molecule has 1 atom stereocenters. The van der Waals surface area contributed by atoms with Crippen molar-refractivity contribution in [1.82, 2.24) is 15.6 Å². The fraction of sp³-hybridized carbons (Fsp3) is 0.438. The number of carbonyl (C=O) groups excluding carboxylic acids is 1. The van der Waals surface area contributed by atoms with E-state index >= 15 is 0 Å². The maximum Gasteiger partial charge on any atom is 0.267 e. The van der Waals surface area contributed by atoms with Crippen molar-refractivity contribution in [2.24, 2.45) is 5.92 Å². The van der Waals surface area contributed by atoms with Gasteiger partial charge in [0.2, 0.25) is 0 Å². The number of H-pyrrole nitrogens is 1. The molecular formula is C16H19BrFN3O. The van der Waals surface area contributed by atoms with Crippen LogP contribution < -0.4 is 10.6 Å².